The minimum atomic E-state index is -0.552. The highest BCUT2D eigenvalue weighted by molar-refractivity contribution is 5.87. The molecule has 0 spiro atoms. The van der Waals surface area contributed by atoms with Gasteiger partial charge in [-0.2, -0.15) is 0 Å². The van der Waals surface area contributed by atoms with E-state index >= 15 is 0 Å². The minimum Gasteiger partial charge on any atom is -0.497 e. The maximum atomic E-state index is 13.1. The normalized spacial score (nSPS) is 11.7. The lowest BCUT2D eigenvalue weighted by atomic mass is 10.1. The molecule has 6 nitrogen and oxygen atoms in total. The predicted molar refractivity (Wildman–Crippen MR) is 127 cm³/mol. The Kier molecular flexibility index (Phi) is 10.1. The van der Waals surface area contributed by atoms with Crippen LogP contribution in [0.15, 0.2) is 48.5 Å². The van der Waals surface area contributed by atoms with Crippen molar-refractivity contribution in [1.29, 1.82) is 0 Å². The second-order valence-electron chi connectivity index (χ2n) is 8.45. The van der Waals surface area contributed by atoms with Crippen LogP contribution in [0.2, 0.25) is 0 Å². The van der Waals surface area contributed by atoms with Gasteiger partial charge in [0.1, 0.15) is 17.5 Å². The molecule has 2 aromatic carbocycles. The number of carbonyl (C=O) groups is 2. The fourth-order valence-corrected chi connectivity index (χ4v) is 3.27. The Hall–Kier alpha value is -3.02. The van der Waals surface area contributed by atoms with Crippen molar-refractivity contribution in [3.63, 3.8) is 0 Å². The lowest BCUT2D eigenvalue weighted by Crippen LogP contribution is -2.48. The molecular weight excluding hydrogens is 404 g/mol. The third-order valence-corrected chi connectivity index (χ3v) is 5.15. The zero-order valence-corrected chi connectivity index (χ0v) is 19.9. The first kappa shape index (κ1) is 25.2. The van der Waals surface area contributed by atoms with Gasteiger partial charge in [-0.1, -0.05) is 43.7 Å². The lowest BCUT2D eigenvalue weighted by Gasteiger charge is -2.29. The topological polar surface area (TPSA) is 67.9 Å². The predicted octanol–water partition coefficient (Wildman–Crippen LogP) is 4.35. The maximum Gasteiger partial charge on any atom is 0.242 e. The van der Waals surface area contributed by atoms with Gasteiger partial charge < -0.3 is 19.7 Å². The van der Waals surface area contributed by atoms with Crippen molar-refractivity contribution in [3.8, 4) is 11.5 Å². The van der Waals surface area contributed by atoms with E-state index in [1.54, 1.807) is 18.9 Å². The third kappa shape index (κ3) is 8.25. The standard InChI is InChI=1S/C26H36N2O4/c1-19(2)17-27-26(30)21(4)28(18-22-9-6-8-20(3)16-22)25(29)10-7-15-32-24-13-11-23(31-5)12-14-24/h6,8-9,11-14,16,19,21H,7,10,15,17-18H2,1-5H3,(H,27,30)/t21-/m1/s1. The van der Waals surface area contributed by atoms with Crippen LogP contribution in [0.25, 0.3) is 0 Å². The molecule has 6 heteroatoms. The average molecular weight is 441 g/mol. The second-order valence-corrected chi connectivity index (χ2v) is 8.45. The van der Waals surface area contributed by atoms with Gasteiger partial charge in [-0.3, -0.25) is 9.59 Å². The number of nitrogens with zero attached hydrogens (tertiary/aromatic N) is 1. The Morgan fingerprint density at radius 3 is 2.34 bits per heavy atom. The Bertz CT molecular complexity index is 864. The number of nitrogens with one attached hydrogen (secondary N) is 1. The number of methoxy groups -OCH3 is 1. The molecule has 1 N–H and O–H groups in total. The molecule has 174 valence electrons. The first-order chi connectivity index (χ1) is 15.3. The molecule has 0 aromatic heterocycles. The van der Waals surface area contributed by atoms with Crippen molar-refractivity contribution >= 4 is 11.8 Å². The number of hydrogen-bond donors (Lipinski definition) is 1. The Balaban J connectivity index is 1.97. The van der Waals surface area contributed by atoms with E-state index in [4.69, 9.17) is 9.47 Å². The van der Waals surface area contributed by atoms with Gasteiger partial charge in [-0.05, 0) is 56.0 Å². The number of rotatable bonds is 12. The molecule has 0 saturated carbocycles. The minimum absolute atomic E-state index is 0.0583. The number of ether oxygens (including phenoxy) is 2. The smallest absolute Gasteiger partial charge is 0.242 e. The molecule has 0 radical (unpaired) electrons. The molecule has 32 heavy (non-hydrogen) atoms. The van der Waals surface area contributed by atoms with Crippen LogP contribution in [0.1, 0.15) is 44.7 Å². The van der Waals surface area contributed by atoms with Gasteiger partial charge in [0.25, 0.3) is 0 Å². The largest absolute Gasteiger partial charge is 0.497 e. The van der Waals surface area contributed by atoms with Crippen molar-refractivity contribution in [2.24, 2.45) is 5.92 Å². The van der Waals surface area contributed by atoms with Gasteiger partial charge in [0.05, 0.1) is 13.7 Å². The molecule has 0 unspecified atom stereocenters. The van der Waals surface area contributed by atoms with Crippen LogP contribution in [0, 0.1) is 12.8 Å². The van der Waals surface area contributed by atoms with Crippen molar-refractivity contribution in [3.05, 3.63) is 59.7 Å². The summed E-state index contributed by atoms with van der Waals surface area (Å²) in [6, 6.07) is 14.8. The van der Waals surface area contributed by atoms with Crippen molar-refractivity contribution in [2.75, 3.05) is 20.3 Å². The summed E-state index contributed by atoms with van der Waals surface area (Å²) in [5, 5.41) is 2.94. The van der Waals surface area contributed by atoms with Gasteiger partial charge in [-0.15, -0.1) is 0 Å². The van der Waals surface area contributed by atoms with Gasteiger partial charge in [-0.25, -0.2) is 0 Å². The molecule has 2 rings (SSSR count). The summed E-state index contributed by atoms with van der Waals surface area (Å²) in [4.78, 5) is 27.4. The van der Waals surface area contributed by atoms with E-state index in [1.807, 2.05) is 69.3 Å². The number of amides is 2. The molecule has 0 bridgehead atoms. The molecule has 0 aliphatic carbocycles. The first-order valence-electron chi connectivity index (χ1n) is 11.2. The Morgan fingerprint density at radius 1 is 1.03 bits per heavy atom. The van der Waals surface area contributed by atoms with Crippen LogP contribution in [-0.4, -0.2) is 43.0 Å². The molecule has 0 fully saturated rings. The summed E-state index contributed by atoms with van der Waals surface area (Å²) in [6.07, 6.45) is 0.874. The molecule has 2 aromatic rings. The summed E-state index contributed by atoms with van der Waals surface area (Å²) in [6.45, 7) is 9.31. The van der Waals surface area contributed by atoms with Gasteiger partial charge >= 0.3 is 0 Å². The molecule has 1 atom stereocenters. The van der Waals surface area contributed by atoms with E-state index < -0.39 is 6.04 Å². The Morgan fingerprint density at radius 2 is 1.72 bits per heavy atom. The zero-order valence-electron chi connectivity index (χ0n) is 19.9. The highest BCUT2D eigenvalue weighted by atomic mass is 16.5. The van der Waals surface area contributed by atoms with Crippen LogP contribution < -0.4 is 14.8 Å². The van der Waals surface area contributed by atoms with Gasteiger partial charge in [0.15, 0.2) is 0 Å². The van der Waals surface area contributed by atoms with Gasteiger partial charge in [0.2, 0.25) is 11.8 Å². The van der Waals surface area contributed by atoms with E-state index in [-0.39, 0.29) is 11.8 Å². The summed E-state index contributed by atoms with van der Waals surface area (Å²) in [5.41, 5.74) is 2.14. The van der Waals surface area contributed by atoms with E-state index in [0.29, 0.717) is 38.5 Å². The van der Waals surface area contributed by atoms with Crippen LogP contribution in [0.5, 0.6) is 11.5 Å². The average Bonchev–Trinajstić information content (AvgIpc) is 2.78. The monoisotopic (exact) mass is 440 g/mol. The molecule has 2 amide bonds. The van der Waals surface area contributed by atoms with Crippen molar-refractivity contribution in [2.45, 2.75) is 53.1 Å². The SMILES string of the molecule is COc1ccc(OCCCC(=O)N(Cc2cccc(C)c2)[C@H](C)C(=O)NCC(C)C)cc1. The first-order valence-corrected chi connectivity index (χ1v) is 11.2. The number of carbonyl (C=O) groups excluding carboxylic acids is 2. The van der Waals surface area contributed by atoms with Crippen molar-refractivity contribution in [1.82, 2.24) is 10.2 Å². The molecule has 0 heterocycles. The fourth-order valence-electron chi connectivity index (χ4n) is 3.27. The van der Waals surface area contributed by atoms with E-state index in [0.717, 1.165) is 22.6 Å². The van der Waals surface area contributed by atoms with Crippen LogP contribution in [0.4, 0.5) is 0 Å². The van der Waals surface area contributed by atoms with Crippen LogP contribution in [0.3, 0.4) is 0 Å². The fraction of sp³-hybridized carbons (Fsp3) is 0.462. The second kappa shape index (κ2) is 12.7. The lowest BCUT2D eigenvalue weighted by molar-refractivity contribution is -0.140. The molecule has 0 aliphatic heterocycles. The van der Waals surface area contributed by atoms with E-state index in [9.17, 15) is 9.59 Å². The van der Waals surface area contributed by atoms with Gasteiger partial charge in [0, 0.05) is 19.5 Å². The third-order valence-electron chi connectivity index (χ3n) is 5.15. The molecule has 0 aliphatic rings. The number of benzene rings is 2. The highest BCUT2D eigenvalue weighted by Gasteiger charge is 2.25. The van der Waals surface area contributed by atoms with E-state index in [1.165, 1.54) is 0 Å². The quantitative estimate of drug-likeness (QED) is 0.498. The zero-order chi connectivity index (χ0) is 23.5. The summed E-state index contributed by atoms with van der Waals surface area (Å²) < 4.78 is 10.9. The summed E-state index contributed by atoms with van der Waals surface area (Å²) in [7, 11) is 1.62. The summed E-state index contributed by atoms with van der Waals surface area (Å²) in [5.74, 6) is 1.66. The molecular formula is C26H36N2O4. The van der Waals surface area contributed by atoms with E-state index in [2.05, 4.69) is 5.32 Å². The number of hydrogen-bond acceptors (Lipinski definition) is 4. The van der Waals surface area contributed by atoms with Crippen LogP contribution >= 0.6 is 0 Å². The molecule has 0 saturated heterocycles. The summed E-state index contributed by atoms with van der Waals surface area (Å²) >= 11 is 0. The maximum absolute atomic E-state index is 13.1. The Labute approximate surface area is 191 Å². The van der Waals surface area contributed by atoms with Crippen molar-refractivity contribution < 1.29 is 19.1 Å². The highest BCUT2D eigenvalue weighted by Crippen LogP contribution is 2.18. The number of aryl methyl sites for hydroxylation is 1. The van der Waals surface area contributed by atoms with Crippen LogP contribution in [-0.2, 0) is 16.1 Å².